The highest BCUT2D eigenvalue weighted by Gasteiger charge is 2.14. The Balaban J connectivity index is 2.51. The number of ether oxygens (including phenoxy) is 1. The molecule has 0 aromatic heterocycles. The van der Waals surface area contributed by atoms with Crippen molar-refractivity contribution in [2.24, 2.45) is 11.1 Å². The van der Waals surface area contributed by atoms with E-state index in [1.54, 1.807) is 6.07 Å². The molecule has 0 fully saturated rings. The lowest BCUT2D eigenvalue weighted by Crippen LogP contribution is -2.35. The van der Waals surface area contributed by atoms with Crippen molar-refractivity contribution in [1.82, 2.24) is 5.32 Å². The van der Waals surface area contributed by atoms with Gasteiger partial charge in [-0.25, -0.2) is 4.39 Å². The number of hydrogen-bond donors (Lipinski definition) is 2. The van der Waals surface area contributed by atoms with Crippen LogP contribution in [0.15, 0.2) is 18.2 Å². The summed E-state index contributed by atoms with van der Waals surface area (Å²) in [5.41, 5.74) is 6.61. The fourth-order valence-corrected chi connectivity index (χ4v) is 1.54. The van der Waals surface area contributed by atoms with Gasteiger partial charge in [0, 0.05) is 13.1 Å². The topological polar surface area (TPSA) is 47.3 Å². The highest BCUT2D eigenvalue weighted by Crippen LogP contribution is 2.18. The normalized spacial score (nSPS) is 11.6. The number of nitrogens with one attached hydrogen (secondary N) is 1. The molecule has 0 spiro atoms. The van der Waals surface area contributed by atoms with Crippen LogP contribution in [0.1, 0.15) is 26.3 Å². The van der Waals surface area contributed by atoms with E-state index in [0.717, 1.165) is 12.1 Å². The minimum atomic E-state index is -0.311. The molecule has 0 saturated carbocycles. The molecule has 0 radical (unpaired) electrons. The maximum Gasteiger partial charge on any atom is 0.165 e. The van der Waals surface area contributed by atoms with E-state index in [1.807, 2.05) is 13.0 Å². The highest BCUT2D eigenvalue weighted by atomic mass is 19.1. The fourth-order valence-electron chi connectivity index (χ4n) is 1.54. The predicted octanol–water partition coefficient (Wildman–Crippen LogP) is 2.30. The third kappa shape index (κ3) is 4.63. The van der Waals surface area contributed by atoms with Crippen molar-refractivity contribution in [3.05, 3.63) is 29.6 Å². The van der Waals surface area contributed by atoms with Crippen LogP contribution >= 0.6 is 0 Å². The van der Waals surface area contributed by atoms with Crippen molar-refractivity contribution in [2.45, 2.75) is 27.3 Å². The number of halogens is 1. The molecule has 0 bridgehead atoms. The van der Waals surface area contributed by atoms with Crippen LogP contribution in [-0.4, -0.2) is 19.7 Å². The molecule has 102 valence electrons. The Morgan fingerprint density at radius 3 is 2.67 bits per heavy atom. The lowest BCUT2D eigenvalue weighted by molar-refractivity contribution is 0.321. The Bertz CT molecular complexity index is 380. The molecule has 0 heterocycles. The molecule has 0 amide bonds. The van der Waals surface area contributed by atoms with Crippen LogP contribution in [0.3, 0.4) is 0 Å². The lowest BCUT2D eigenvalue weighted by atomic mass is 9.94. The standard InChI is InChI=1S/C14H23FN2O/c1-4-18-13-6-5-11(7-12(13)15)8-17-10-14(2,3)9-16/h5-7,17H,4,8-10,16H2,1-3H3. The largest absolute Gasteiger partial charge is 0.491 e. The zero-order valence-corrected chi connectivity index (χ0v) is 11.4. The average Bonchev–Trinajstić information content (AvgIpc) is 2.32. The summed E-state index contributed by atoms with van der Waals surface area (Å²) in [4.78, 5) is 0. The Morgan fingerprint density at radius 2 is 2.11 bits per heavy atom. The minimum absolute atomic E-state index is 0.0593. The van der Waals surface area contributed by atoms with E-state index in [1.165, 1.54) is 6.07 Å². The van der Waals surface area contributed by atoms with Crippen molar-refractivity contribution in [3.8, 4) is 5.75 Å². The molecule has 1 aromatic rings. The quantitative estimate of drug-likeness (QED) is 0.785. The van der Waals surface area contributed by atoms with Gasteiger partial charge in [-0.3, -0.25) is 0 Å². The zero-order chi connectivity index (χ0) is 13.6. The summed E-state index contributed by atoms with van der Waals surface area (Å²) in [5.74, 6) is -0.00206. The van der Waals surface area contributed by atoms with Crippen LogP contribution in [0.2, 0.25) is 0 Å². The van der Waals surface area contributed by atoms with Crippen LogP contribution in [0.4, 0.5) is 4.39 Å². The second-order valence-corrected chi connectivity index (χ2v) is 5.17. The molecule has 0 aliphatic carbocycles. The fraction of sp³-hybridized carbons (Fsp3) is 0.571. The van der Waals surface area contributed by atoms with Gasteiger partial charge in [0.05, 0.1) is 6.61 Å². The minimum Gasteiger partial charge on any atom is -0.491 e. The first kappa shape index (κ1) is 14.9. The number of benzene rings is 1. The smallest absolute Gasteiger partial charge is 0.165 e. The summed E-state index contributed by atoms with van der Waals surface area (Å²) >= 11 is 0. The van der Waals surface area contributed by atoms with Gasteiger partial charge in [0.2, 0.25) is 0 Å². The summed E-state index contributed by atoms with van der Waals surface area (Å²) in [6, 6.07) is 5.05. The van der Waals surface area contributed by atoms with E-state index in [0.29, 0.717) is 25.4 Å². The average molecular weight is 254 g/mol. The summed E-state index contributed by atoms with van der Waals surface area (Å²) in [6.45, 7) is 8.56. The van der Waals surface area contributed by atoms with Crippen LogP contribution < -0.4 is 15.8 Å². The second kappa shape index (κ2) is 6.71. The molecule has 18 heavy (non-hydrogen) atoms. The van der Waals surface area contributed by atoms with E-state index in [9.17, 15) is 4.39 Å². The Labute approximate surface area is 109 Å². The molecule has 0 aliphatic heterocycles. The maximum absolute atomic E-state index is 13.6. The van der Waals surface area contributed by atoms with Gasteiger partial charge in [-0.2, -0.15) is 0 Å². The summed E-state index contributed by atoms with van der Waals surface area (Å²) in [5, 5.41) is 3.28. The number of hydrogen-bond acceptors (Lipinski definition) is 3. The number of rotatable bonds is 7. The van der Waals surface area contributed by atoms with Crippen LogP contribution in [0.5, 0.6) is 5.75 Å². The molecule has 1 aromatic carbocycles. The lowest BCUT2D eigenvalue weighted by Gasteiger charge is -2.22. The predicted molar refractivity (Wildman–Crippen MR) is 72.1 cm³/mol. The highest BCUT2D eigenvalue weighted by molar-refractivity contribution is 5.29. The second-order valence-electron chi connectivity index (χ2n) is 5.17. The van der Waals surface area contributed by atoms with Gasteiger partial charge in [-0.15, -0.1) is 0 Å². The molecule has 3 N–H and O–H groups in total. The zero-order valence-electron chi connectivity index (χ0n) is 11.4. The first-order valence-electron chi connectivity index (χ1n) is 6.30. The van der Waals surface area contributed by atoms with E-state index in [2.05, 4.69) is 19.2 Å². The third-order valence-corrected chi connectivity index (χ3v) is 2.78. The van der Waals surface area contributed by atoms with Crippen molar-refractivity contribution >= 4 is 0 Å². The molecule has 1 rings (SSSR count). The van der Waals surface area contributed by atoms with E-state index in [4.69, 9.17) is 10.5 Å². The van der Waals surface area contributed by atoms with Crippen LogP contribution in [-0.2, 0) is 6.54 Å². The molecule has 3 nitrogen and oxygen atoms in total. The van der Waals surface area contributed by atoms with Gasteiger partial charge in [0.1, 0.15) is 0 Å². The Hall–Kier alpha value is -1.13. The van der Waals surface area contributed by atoms with Gasteiger partial charge in [0.15, 0.2) is 11.6 Å². The first-order valence-corrected chi connectivity index (χ1v) is 6.30. The van der Waals surface area contributed by atoms with Gasteiger partial charge in [-0.05, 0) is 36.6 Å². The van der Waals surface area contributed by atoms with Crippen LogP contribution in [0.25, 0.3) is 0 Å². The van der Waals surface area contributed by atoms with Crippen molar-refractivity contribution in [3.63, 3.8) is 0 Å². The van der Waals surface area contributed by atoms with Gasteiger partial charge >= 0.3 is 0 Å². The summed E-state index contributed by atoms with van der Waals surface area (Å²) in [6.07, 6.45) is 0. The molecule has 0 saturated heterocycles. The van der Waals surface area contributed by atoms with Gasteiger partial charge in [-0.1, -0.05) is 19.9 Å². The summed E-state index contributed by atoms with van der Waals surface area (Å²) in [7, 11) is 0. The Kier molecular flexibility index (Phi) is 5.56. The molecule has 0 aliphatic rings. The number of nitrogens with two attached hydrogens (primary N) is 1. The molecular formula is C14H23FN2O. The Morgan fingerprint density at radius 1 is 1.39 bits per heavy atom. The van der Waals surface area contributed by atoms with E-state index < -0.39 is 0 Å². The molecule has 0 atom stereocenters. The van der Waals surface area contributed by atoms with Crippen molar-refractivity contribution in [1.29, 1.82) is 0 Å². The van der Waals surface area contributed by atoms with Crippen LogP contribution in [0, 0.1) is 11.2 Å². The van der Waals surface area contributed by atoms with Gasteiger partial charge in [0.25, 0.3) is 0 Å². The monoisotopic (exact) mass is 254 g/mol. The molecule has 4 heteroatoms. The maximum atomic E-state index is 13.6. The van der Waals surface area contributed by atoms with E-state index >= 15 is 0 Å². The van der Waals surface area contributed by atoms with E-state index in [-0.39, 0.29) is 11.2 Å². The first-order chi connectivity index (χ1) is 8.48. The molecule has 0 unspecified atom stereocenters. The SMILES string of the molecule is CCOc1ccc(CNCC(C)(C)CN)cc1F. The van der Waals surface area contributed by atoms with Gasteiger partial charge < -0.3 is 15.8 Å². The van der Waals surface area contributed by atoms with Crippen molar-refractivity contribution < 1.29 is 9.13 Å². The van der Waals surface area contributed by atoms with Crippen molar-refractivity contribution in [2.75, 3.05) is 19.7 Å². The third-order valence-electron chi connectivity index (χ3n) is 2.78. The summed E-state index contributed by atoms with van der Waals surface area (Å²) < 4.78 is 18.7. The molecular weight excluding hydrogens is 231 g/mol.